The Labute approximate surface area is 77.7 Å². The summed E-state index contributed by atoms with van der Waals surface area (Å²) in [6.45, 7) is 3.60. The lowest BCUT2D eigenvalue weighted by Crippen LogP contribution is -2.22. The second-order valence-corrected chi connectivity index (χ2v) is 2.84. The molecule has 0 aliphatic rings. The summed E-state index contributed by atoms with van der Waals surface area (Å²) in [5.41, 5.74) is 1.21. The molecule has 0 fully saturated rings. The summed E-state index contributed by atoms with van der Waals surface area (Å²) >= 11 is 0. The summed E-state index contributed by atoms with van der Waals surface area (Å²) in [6.07, 6.45) is 3.22. The average Bonchev–Trinajstić information content (AvgIpc) is 2.16. The minimum atomic E-state index is -0.0528. The van der Waals surface area contributed by atoms with Crippen LogP contribution in [0.15, 0.2) is 24.9 Å². The van der Waals surface area contributed by atoms with Gasteiger partial charge in [-0.3, -0.25) is 9.78 Å². The Morgan fingerprint density at radius 3 is 2.85 bits per heavy atom. The van der Waals surface area contributed by atoms with E-state index in [1.807, 2.05) is 0 Å². The van der Waals surface area contributed by atoms with Gasteiger partial charge < -0.3 is 4.90 Å². The molecule has 0 aliphatic heterocycles. The van der Waals surface area contributed by atoms with Crippen molar-refractivity contribution >= 4 is 12.0 Å². The van der Waals surface area contributed by atoms with E-state index >= 15 is 0 Å². The van der Waals surface area contributed by atoms with Crippen LogP contribution in [-0.4, -0.2) is 29.9 Å². The van der Waals surface area contributed by atoms with Gasteiger partial charge >= 0.3 is 0 Å². The molecular weight excluding hydrogens is 164 g/mol. The van der Waals surface area contributed by atoms with Crippen molar-refractivity contribution in [3.63, 3.8) is 0 Å². The molecule has 0 aromatic carbocycles. The number of hydrogen-bond donors (Lipinski definition) is 0. The molecule has 0 aliphatic carbocycles. The molecule has 1 aromatic rings. The number of pyridine rings is 1. The molecule has 3 heteroatoms. The van der Waals surface area contributed by atoms with Crippen LogP contribution in [0.25, 0.3) is 6.08 Å². The fraction of sp³-hybridized carbons (Fsp3) is 0.200. The lowest BCUT2D eigenvalue weighted by Gasteiger charge is -2.11. The monoisotopic (exact) mass is 176 g/mol. The van der Waals surface area contributed by atoms with Gasteiger partial charge in [0.15, 0.2) is 0 Å². The first-order valence-electron chi connectivity index (χ1n) is 3.96. The zero-order valence-corrected chi connectivity index (χ0v) is 7.82. The third-order valence-corrected chi connectivity index (χ3v) is 1.67. The molecule has 0 unspecified atom stereocenters. The van der Waals surface area contributed by atoms with Crippen molar-refractivity contribution < 1.29 is 4.79 Å². The normalized spacial score (nSPS) is 9.38. The lowest BCUT2D eigenvalue weighted by atomic mass is 10.1. The Bertz CT molecular complexity index is 331. The third-order valence-electron chi connectivity index (χ3n) is 1.67. The van der Waals surface area contributed by atoms with Crippen molar-refractivity contribution in [2.45, 2.75) is 0 Å². The maximum absolute atomic E-state index is 11.6. The maximum Gasteiger partial charge on any atom is 0.255 e. The molecule has 1 aromatic heterocycles. The van der Waals surface area contributed by atoms with Gasteiger partial charge in [0.2, 0.25) is 0 Å². The summed E-state index contributed by atoms with van der Waals surface area (Å²) in [7, 11) is 3.42. The van der Waals surface area contributed by atoms with Crippen LogP contribution in [0.2, 0.25) is 0 Å². The van der Waals surface area contributed by atoms with E-state index in [9.17, 15) is 4.79 Å². The minimum absolute atomic E-state index is 0.0528. The molecule has 68 valence electrons. The molecule has 0 spiro atoms. The van der Waals surface area contributed by atoms with E-state index < -0.39 is 0 Å². The summed E-state index contributed by atoms with van der Waals surface area (Å²) in [5.74, 6) is -0.0528. The molecule has 1 rings (SSSR count). The van der Waals surface area contributed by atoms with Crippen LogP contribution >= 0.6 is 0 Å². The molecule has 0 radical (unpaired) electrons. The fourth-order valence-electron chi connectivity index (χ4n) is 1.00. The predicted octanol–water partition coefficient (Wildman–Crippen LogP) is 1.43. The summed E-state index contributed by atoms with van der Waals surface area (Å²) in [5, 5.41) is 0. The zero-order chi connectivity index (χ0) is 9.84. The molecule has 1 amide bonds. The SMILES string of the molecule is C=Cc1ncccc1C(=O)N(C)C. The lowest BCUT2D eigenvalue weighted by molar-refractivity contribution is 0.0827. The molecule has 0 saturated heterocycles. The maximum atomic E-state index is 11.6. The van der Waals surface area contributed by atoms with Crippen LogP contribution in [-0.2, 0) is 0 Å². The molecule has 1 heterocycles. The standard InChI is InChI=1S/C10H12N2O/c1-4-9-8(6-5-7-11-9)10(13)12(2)3/h4-7H,1H2,2-3H3. The number of nitrogens with zero attached hydrogens (tertiary/aromatic N) is 2. The van der Waals surface area contributed by atoms with Crippen LogP contribution in [0.1, 0.15) is 16.1 Å². The van der Waals surface area contributed by atoms with Gasteiger partial charge in [0, 0.05) is 20.3 Å². The highest BCUT2D eigenvalue weighted by atomic mass is 16.2. The smallest absolute Gasteiger partial charge is 0.255 e. The predicted molar refractivity (Wildman–Crippen MR) is 52.3 cm³/mol. The Morgan fingerprint density at radius 2 is 2.31 bits per heavy atom. The summed E-state index contributed by atoms with van der Waals surface area (Å²) in [6, 6.07) is 3.48. The topological polar surface area (TPSA) is 33.2 Å². The van der Waals surface area contributed by atoms with Crippen LogP contribution in [0.4, 0.5) is 0 Å². The first-order chi connectivity index (χ1) is 6.16. The molecule has 0 bridgehead atoms. The number of aromatic nitrogens is 1. The number of carbonyl (C=O) groups is 1. The molecule has 0 saturated carbocycles. The Morgan fingerprint density at radius 1 is 1.62 bits per heavy atom. The van der Waals surface area contributed by atoms with E-state index in [1.54, 1.807) is 38.5 Å². The molecule has 0 N–H and O–H groups in total. The van der Waals surface area contributed by atoms with Crippen molar-refractivity contribution in [1.29, 1.82) is 0 Å². The van der Waals surface area contributed by atoms with Gasteiger partial charge in [0.05, 0.1) is 11.3 Å². The first-order valence-corrected chi connectivity index (χ1v) is 3.96. The van der Waals surface area contributed by atoms with Crippen molar-refractivity contribution in [2.24, 2.45) is 0 Å². The summed E-state index contributed by atoms with van der Waals surface area (Å²) < 4.78 is 0. The number of carbonyl (C=O) groups excluding carboxylic acids is 1. The Balaban J connectivity index is 3.13. The van der Waals surface area contributed by atoms with E-state index in [2.05, 4.69) is 11.6 Å². The number of rotatable bonds is 2. The van der Waals surface area contributed by atoms with Crippen LogP contribution in [0, 0.1) is 0 Å². The highest BCUT2D eigenvalue weighted by Gasteiger charge is 2.10. The van der Waals surface area contributed by atoms with Crippen molar-refractivity contribution in [3.05, 3.63) is 36.2 Å². The van der Waals surface area contributed by atoms with Gasteiger partial charge in [-0.15, -0.1) is 0 Å². The zero-order valence-electron chi connectivity index (χ0n) is 7.82. The quantitative estimate of drug-likeness (QED) is 0.683. The molecular formula is C10H12N2O. The van der Waals surface area contributed by atoms with E-state index in [-0.39, 0.29) is 5.91 Å². The van der Waals surface area contributed by atoms with Gasteiger partial charge in [-0.2, -0.15) is 0 Å². The molecule has 0 atom stereocenters. The second kappa shape index (κ2) is 3.85. The number of amides is 1. The van der Waals surface area contributed by atoms with Crippen molar-refractivity contribution in [2.75, 3.05) is 14.1 Å². The minimum Gasteiger partial charge on any atom is -0.345 e. The van der Waals surface area contributed by atoms with Gasteiger partial charge in [-0.05, 0) is 18.2 Å². The van der Waals surface area contributed by atoms with Crippen molar-refractivity contribution in [3.8, 4) is 0 Å². The van der Waals surface area contributed by atoms with Crippen LogP contribution in [0.3, 0.4) is 0 Å². The summed E-state index contributed by atoms with van der Waals surface area (Å²) in [4.78, 5) is 17.1. The van der Waals surface area contributed by atoms with Crippen molar-refractivity contribution in [1.82, 2.24) is 9.88 Å². The first kappa shape index (κ1) is 9.45. The van der Waals surface area contributed by atoms with Gasteiger partial charge in [0.25, 0.3) is 5.91 Å². The van der Waals surface area contributed by atoms with E-state index in [0.717, 1.165) is 0 Å². The van der Waals surface area contributed by atoms with E-state index in [1.165, 1.54) is 4.90 Å². The largest absolute Gasteiger partial charge is 0.345 e. The fourth-order valence-corrected chi connectivity index (χ4v) is 1.00. The van der Waals surface area contributed by atoms with Crippen LogP contribution < -0.4 is 0 Å². The highest BCUT2D eigenvalue weighted by Crippen LogP contribution is 2.08. The second-order valence-electron chi connectivity index (χ2n) is 2.84. The van der Waals surface area contributed by atoms with Gasteiger partial charge in [-0.1, -0.05) is 6.58 Å². The Kier molecular flexibility index (Phi) is 2.80. The number of hydrogen-bond acceptors (Lipinski definition) is 2. The van der Waals surface area contributed by atoms with Gasteiger partial charge in [0.1, 0.15) is 0 Å². The highest BCUT2D eigenvalue weighted by molar-refractivity contribution is 5.96. The third kappa shape index (κ3) is 1.93. The van der Waals surface area contributed by atoms with Crippen LogP contribution in [0.5, 0.6) is 0 Å². The molecule has 13 heavy (non-hydrogen) atoms. The van der Waals surface area contributed by atoms with E-state index in [4.69, 9.17) is 0 Å². The average molecular weight is 176 g/mol. The van der Waals surface area contributed by atoms with Gasteiger partial charge in [-0.25, -0.2) is 0 Å². The van der Waals surface area contributed by atoms with E-state index in [0.29, 0.717) is 11.3 Å². The Hall–Kier alpha value is -1.64. The molecule has 3 nitrogen and oxygen atoms in total.